The van der Waals surface area contributed by atoms with Crippen molar-refractivity contribution < 1.29 is 14.7 Å². The Balaban J connectivity index is 2.10. The number of carbonyl (C=O) groups is 2. The molecule has 4 nitrogen and oxygen atoms in total. The van der Waals surface area contributed by atoms with Crippen molar-refractivity contribution in [3.05, 3.63) is 65.2 Å². The Morgan fingerprint density at radius 2 is 1.68 bits per heavy atom. The Morgan fingerprint density at radius 3 is 2.24 bits per heavy atom. The summed E-state index contributed by atoms with van der Waals surface area (Å²) >= 11 is 0. The molecule has 0 bridgehead atoms. The van der Waals surface area contributed by atoms with Crippen molar-refractivity contribution in [2.45, 2.75) is 39.5 Å². The highest BCUT2D eigenvalue weighted by Crippen LogP contribution is 2.28. The minimum absolute atomic E-state index is 0.0755. The van der Waals surface area contributed by atoms with Gasteiger partial charge in [-0.3, -0.25) is 9.59 Å². The van der Waals surface area contributed by atoms with Crippen LogP contribution in [0.1, 0.15) is 37.5 Å². The van der Waals surface area contributed by atoms with Crippen LogP contribution >= 0.6 is 0 Å². The molecule has 1 unspecified atom stereocenters. The normalized spacial score (nSPS) is 12.5. The van der Waals surface area contributed by atoms with Gasteiger partial charge in [0.25, 0.3) is 0 Å². The second kappa shape index (κ2) is 7.51. The van der Waals surface area contributed by atoms with Crippen LogP contribution in [0.2, 0.25) is 0 Å². The maximum Gasteiger partial charge on any atom is 0.306 e. The number of anilines is 1. The van der Waals surface area contributed by atoms with Crippen LogP contribution in [0.5, 0.6) is 0 Å². The standard InChI is InChI=1S/C21H25NO3/c1-14-7-5-6-8-18(14)21(3,4)20(25)22-17-11-9-16(10-12-17)13-15(2)19(23)24/h5-12,15H,13H2,1-4H3,(H,22,25)(H,23,24). The van der Waals surface area contributed by atoms with Crippen LogP contribution in [0.3, 0.4) is 0 Å². The third-order valence-corrected chi connectivity index (χ3v) is 4.56. The zero-order valence-corrected chi connectivity index (χ0v) is 15.2. The number of hydrogen-bond acceptors (Lipinski definition) is 2. The van der Waals surface area contributed by atoms with E-state index in [1.807, 2.05) is 69.3 Å². The van der Waals surface area contributed by atoms with E-state index in [0.29, 0.717) is 12.1 Å². The van der Waals surface area contributed by atoms with Crippen molar-refractivity contribution in [1.29, 1.82) is 0 Å². The summed E-state index contributed by atoms with van der Waals surface area (Å²) in [5, 5.41) is 11.9. The van der Waals surface area contributed by atoms with Gasteiger partial charge in [-0.2, -0.15) is 0 Å². The molecule has 0 fully saturated rings. The van der Waals surface area contributed by atoms with E-state index in [1.165, 1.54) is 0 Å². The molecule has 0 saturated heterocycles. The third-order valence-electron chi connectivity index (χ3n) is 4.56. The number of rotatable bonds is 6. The van der Waals surface area contributed by atoms with Crippen LogP contribution in [0.25, 0.3) is 0 Å². The predicted molar refractivity (Wildman–Crippen MR) is 99.8 cm³/mol. The number of benzene rings is 2. The van der Waals surface area contributed by atoms with E-state index in [2.05, 4.69) is 5.32 Å². The summed E-state index contributed by atoms with van der Waals surface area (Å²) < 4.78 is 0. The summed E-state index contributed by atoms with van der Waals surface area (Å²) in [6.45, 7) is 7.51. The maximum atomic E-state index is 12.8. The zero-order valence-electron chi connectivity index (χ0n) is 15.2. The molecule has 25 heavy (non-hydrogen) atoms. The number of nitrogens with one attached hydrogen (secondary N) is 1. The summed E-state index contributed by atoms with van der Waals surface area (Å²) in [5.41, 5.74) is 3.08. The lowest BCUT2D eigenvalue weighted by atomic mass is 9.81. The summed E-state index contributed by atoms with van der Waals surface area (Å²) in [6.07, 6.45) is 0.470. The lowest BCUT2D eigenvalue weighted by molar-refractivity contribution is -0.141. The van der Waals surface area contributed by atoms with Crippen LogP contribution in [-0.2, 0) is 21.4 Å². The summed E-state index contributed by atoms with van der Waals surface area (Å²) in [6, 6.07) is 15.2. The molecule has 1 amide bonds. The van der Waals surface area contributed by atoms with E-state index in [0.717, 1.165) is 16.7 Å². The van der Waals surface area contributed by atoms with Gasteiger partial charge in [0.05, 0.1) is 11.3 Å². The summed E-state index contributed by atoms with van der Waals surface area (Å²) in [7, 11) is 0. The monoisotopic (exact) mass is 339 g/mol. The molecule has 2 N–H and O–H groups in total. The first-order valence-corrected chi connectivity index (χ1v) is 8.41. The smallest absolute Gasteiger partial charge is 0.306 e. The predicted octanol–water partition coefficient (Wildman–Crippen LogP) is 4.17. The Hall–Kier alpha value is -2.62. The largest absolute Gasteiger partial charge is 0.481 e. The lowest BCUT2D eigenvalue weighted by Crippen LogP contribution is -2.35. The number of carboxylic acids is 1. The topological polar surface area (TPSA) is 66.4 Å². The highest BCUT2D eigenvalue weighted by atomic mass is 16.4. The van der Waals surface area contributed by atoms with Gasteiger partial charge in [0.15, 0.2) is 0 Å². The zero-order chi connectivity index (χ0) is 18.6. The van der Waals surface area contributed by atoms with E-state index in [-0.39, 0.29) is 5.91 Å². The fraction of sp³-hybridized carbons (Fsp3) is 0.333. The number of amides is 1. The second-order valence-electron chi connectivity index (χ2n) is 7.03. The first-order valence-electron chi connectivity index (χ1n) is 8.41. The molecule has 0 saturated carbocycles. The van der Waals surface area contributed by atoms with Crippen molar-refractivity contribution in [2.24, 2.45) is 5.92 Å². The molecular formula is C21H25NO3. The van der Waals surface area contributed by atoms with Gasteiger partial charge < -0.3 is 10.4 Å². The Kier molecular flexibility index (Phi) is 5.62. The number of aryl methyl sites for hydroxylation is 1. The van der Waals surface area contributed by atoms with Crippen molar-refractivity contribution in [1.82, 2.24) is 0 Å². The number of carboxylic acid groups (broad SMARTS) is 1. The van der Waals surface area contributed by atoms with E-state index in [1.54, 1.807) is 6.92 Å². The van der Waals surface area contributed by atoms with Crippen LogP contribution in [0.15, 0.2) is 48.5 Å². The molecule has 2 aromatic rings. The first-order chi connectivity index (χ1) is 11.7. The highest BCUT2D eigenvalue weighted by molar-refractivity contribution is 5.98. The molecule has 132 valence electrons. The Bertz CT molecular complexity index is 763. The van der Waals surface area contributed by atoms with E-state index < -0.39 is 17.3 Å². The van der Waals surface area contributed by atoms with Gasteiger partial charge in [0, 0.05) is 5.69 Å². The molecule has 0 aliphatic rings. The summed E-state index contributed by atoms with van der Waals surface area (Å²) in [4.78, 5) is 23.7. The second-order valence-corrected chi connectivity index (χ2v) is 7.03. The molecule has 1 atom stereocenters. The van der Waals surface area contributed by atoms with E-state index in [9.17, 15) is 9.59 Å². The Morgan fingerprint density at radius 1 is 1.08 bits per heavy atom. The molecule has 0 aliphatic carbocycles. The molecule has 0 radical (unpaired) electrons. The molecule has 0 spiro atoms. The maximum absolute atomic E-state index is 12.8. The highest BCUT2D eigenvalue weighted by Gasteiger charge is 2.31. The fourth-order valence-electron chi connectivity index (χ4n) is 2.85. The van der Waals surface area contributed by atoms with Crippen molar-refractivity contribution in [2.75, 3.05) is 5.32 Å². The van der Waals surface area contributed by atoms with E-state index in [4.69, 9.17) is 5.11 Å². The van der Waals surface area contributed by atoms with Gasteiger partial charge in [0.1, 0.15) is 0 Å². The molecule has 2 rings (SSSR count). The number of hydrogen-bond donors (Lipinski definition) is 2. The van der Waals surface area contributed by atoms with E-state index >= 15 is 0 Å². The molecule has 0 aromatic heterocycles. The average Bonchev–Trinajstić information content (AvgIpc) is 2.56. The minimum Gasteiger partial charge on any atom is -0.481 e. The molecular weight excluding hydrogens is 314 g/mol. The van der Waals surface area contributed by atoms with Gasteiger partial charge >= 0.3 is 5.97 Å². The van der Waals surface area contributed by atoms with Crippen LogP contribution in [0, 0.1) is 12.8 Å². The number of aliphatic carboxylic acids is 1. The van der Waals surface area contributed by atoms with Gasteiger partial charge in [-0.25, -0.2) is 0 Å². The molecule has 0 heterocycles. The van der Waals surface area contributed by atoms with Gasteiger partial charge in [0.2, 0.25) is 5.91 Å². The van der Waals surface area contributed by atoms with Crippen LogP contribution in [0.4, 0.5) is 5.69 Å². The quantitative estimate of drug-likeness (QED) is 0.830. The first kappa shape index (κ1) is 18.7. The number of carbonyl (C=O) groups excluding carboxylic acids is 1. The van der Waals surface area contributed by atoms with Crippen molar-refractivity contribution >= 4 is 17.6 Å². The van der Waals surface area contributed by atoms with Crippen molar-refractivity contribution in [3.8, 4) is 0 Å². The minimum atomic E-state index is -0.808. The molecule has 4 heteroatoms. The van der Waals surface area contributed by atoms with Crippen molar-refractivity contribution in [3.63, 3.8) is 0 Å². The SMILES string of the molecule is Cc1ccccc1C(C)(C)C(=O)Nc1ccc(CC(C)C(=O)O)cc1. The fourth-order valence-corrected chi connectivity index (χ4v) is 2.85. The van der Waals surface area contributed by atoms with Gasteiger partial charge in [-0.05, 0) is 56.0 Å². The van der Waals surface area contributed by atoms with Gasteiger partial charge in [-0.15, -0.1) is 0 Å². The Labute approximate surface area is 148 Å². The van der Waals surface area contributed by atoms with Gasteiger partial charge in [-0.1, -0.05) is 43.3 Å². The van der Waals surface area contributed by atoms with Crippen LogP contribution in [-0.4, -0.2) is 17.0 Å². The lowest BCUT2D eigenvalue weighted by Gasteiger charge is -2.26. The molecule has 0 aliphatic heterocycles. The van der Waals surface area contributed by atoms with Crippen LogP contribution < -0.4 is 5.32 Å². The summed E-state index contributed by atoms with van der Waals surface area (Å²) in [5.74, 6) is -1.31. The third kappa shape index (κ3) is 4.47. The average molecular weight is 339 g/mol. The molecule has 2 aromatic carbocycles.